The van der Waals surface area contributed by atoms with Crippen LogP contribution in [0.1, 0.15) is 31.0 Å². The van der Waals surface area contributed by atoms with Crippen molar-refractivity contribution in [3.05, 3.63) is 24.1 Å². The third-order valence-electron chi connectivity index (χ3n) is 4.00. The van der Waals surface area contributed by atoms with Crippen LogP contribution in [0.3, 0.4) is 0 Å². The van der Waals surface area contributed by atoms with Crippen LogP contribution in [-0.4, -0.2) is 51.0 Å². The summed E-state index contributed by atoms with van der Waals surface area (Å²) in [6.45, 7) is 3.53. The molecule has 0 spiro atoms. The Hall–Kier alpha value is -2.22. The second kappa shape index (κ2) is 7.36. The van der Waals surface area contributed by atoms with Gasteiger partial charge in [0.1, 0.15) is 18.0 Å². The molecule has 2 aromatic rings. The van der Waals surface area contributed by atoms with E-state index in [0.717, 1.165) is 37.4 Å². The number of rotatable bonds is 6. The van der Waals surface area contributed by atoms with Crippen LogP contribution >= 0.6 is 0 Å². The standard InChI is InChI=1S/C15H22N6O2/c1-11-19-15(23-20-11)5-6-16-13-8-14(18-10-17-13)21-7-3-2-4-12(21)9-22/h8,10,12,22H,2-7,9H2,1H3,(H,16,17,18). The van der Waals surface area contributed by atoms with Gasteiger partial charge in [-0.2, -0.15) is 4.98 Å². The number of aryl methyl sites for hydroxylation is 1. The van der Waals surface area contributed by atoms with Crippen LogP contribution in [-0.2, 0) is 6.42 Å². The van der Waals surface area contributed by atoms with Crippen LogP contribution in [0.5, 0.6) is 0 Å². The first kappa shape index (κ1) is 15.7. The van der Waals surface area contributed by atoms with E-state index in [-0.39, 0.29) is 12.6 Å². The Morgan fingerprint density at radius 2 is 2.30 bits per heavy atom. The number of aliphatic hydroxyl groups excluding tert-OH is 1. The molecule has 8 nitrogen and oxygen atoms in total. The molecule has 0 amide bonds. The largest absolute Gasteiger partial charge is 0.394 e. The van der Waals surface area contributed by atoms with Gasteiger partial charge < -0.3 is 19.8 Å². The summed E-state index contributed by atoms with van der Waals surface area (Å²) in [6, 6.07) is 2.07. The van der Waals surface area contributed by atoms with Crippen LogP contribution < -0.4 is 10.2 Å². The zero-order valence-electron chi connectivity index (χ0n) is 13.3. The number of hydrogen-bond acceptors (Lipinski definition) is 8. The predicted octanol–water partition coefficient (Wildman–Crippen LogP) is 1.17. The lowest BCUT2D eigenvalue weighted by Crippen LogP contribution is -2.42. The second-order valence-corrected chi connectivity index (χ2v) is 5.70. The highest BCUT2D eigenvalue weighted by atomic mass is 16.5. The van der Waals surface area contributed by atoms with Gasteiger partial charge in [-0.05, 0) is 26.2 Å². The Morgan fingerprint density at radius 3 is 3.09 bits per heavy atom. The maximum absolute atomic E-state index is 9.54. The molecule has 0 radical (unpaired) electrons. The van der Waals surface area contributed by atoms with Gasteiger partial charge in [0.15, 0.2) is 5.82 Å². The molecule has 0 aliphatic carbocycles. The molecule has 2 aromatic heterocycles. The molecule has 3 heterocycles. The van der Waals surface area contributed by atoms with Crippen LogP contribution in [0.25, 0.3) is 0 Å². The van der Waals surface area contributed by atoms with Gasteiger partial charge in [0.05, 0.1) is 12.6 Å². The molecule has 0 bridgehead atoms. The van der Waals surface area contributed by atoms with Gasteiger partial charge in [0.2, 0.25) is 5.89 Å². The van der Waals surface area contributed by atoms with E-state index in [0.29, 0.717) is 24.7 Å². The van der Waals surface area contributed by atoms with Crippen molar-refractivity contribution >= 4 is 11.6 Å². The van der Waals surface area contributed by atoms with Crippen molar-refractivity contribution in [3.63, 3.8) is 0 Å². The first-order chi connectivity index (χ1) is 11.3. The fraction of sp³-hybridized carbons (Fsp3) is 0.600. The highest BCUT2D eigenvalue weighted by Gasteiger charge is 2.23. The Labute approximate surface area is 134 Å². The van der Waals surface area contributed by atoms with Crippen molar-refractivity contribution in [2.24, 2.45) is 0 Å². The van der Waals surface area contributed by atoms with E-state index in [2.05, 4.69) is 30.3 Å². The van der Waals surface area contributed by atoms with Crippen LogP contribution in [0.15, 0.2) is 16.9 Å². The molecule has 1 fully saturated rings. The fourth-order valence-electron chi connectivity index (χ4n) is 2.83. The third-order valence-corrected chi connectivity index (χ3v) is 4.00. The normalized spacial score (nSPS) is 18.2. The average molecular weight is 318 g/mol. The van der Waals surface area contributed by atoms with Gasteiger partial charge >= 0.3 is 0 Å². The average Bonchev–Trinajstić information content (AvgIpc) is 3.00. The first-order valence-corrected chi connectivity index (χ1v) is 7.99. The molecule has 1 atom stereocenters. The lowest BCUT2D eigenvalue weighted by atomic mass is 10.0. The molecule has 0 aromatic carbocycles. The summed E-state index contributed by atoms with van der Waals surface area (Å²) in [6.07, 6.45) is 5.47. The maximum atomic E-state index is 9.54. The predicted molar refractivity (Wildman–Crippen MR) is 85.3 cm³/mol. The minimum atomic E-state index is 0.146. The smallest absolute Gasteiger partial charge is 0.228 e. The lowest BCUT2D eigenvalue weighted by molar-refractivity contribution is 0.239. The summed E-state index contributed by atoms with van der Waals surface area (Å²) < 4.78 is 5.08. The molecule has 3 rings (SSSR count). The summed E-state index contributed by atoms with van der Waals surface area (Å²) in [5.41, 5.74) is 0. The van der Waals surface area contributed by atoms with Crippen molar-refractivity contribution in [2.75, 3.05) is 29.9 Å². The minimum absolute atomic E-state index is 0.146. The van der Waals surface area contributed by atoms with E-state index in [1.165, 1.54) is 0 Å². The summed E-state index contributed by atoms with van der Waals surface area (Å²) in [5, 5.41) is 16.5. The number of aliphatic hydroxyl groups is 1. The van der Waals surface area contributed by atoms with Gasteiger partial charge in [-0.3, -0.25) is 0 Å². The molecule has 1 saturated heterocycles. The molecule has 23 heavy (non-hydrogen) atoms. The van der Waals surface area contributed by atoms with Gasteiger partial charge in [-0.1, -0.05) is 5.16 Å². The number of piperidine rings is 1. The Balaban J connectivity index is 1.60. The monoisotopic (exact) mass is 318 g/mol. The number of anilines is 2. The number of nitrogens with zero attached hydrogens (tertiary/aromatic N) is 5. The topological polar surface area (TPSA) is 100 Å². The minimum Gasteiger partial charge on any atom is -0.394 e. The van der Waals surface area contributed by atoms with Crippen molar-refractivity contribution in [2.45, 2.75) is 38.6 Å². The summed E-state index contributed by atoms with van der Waals surface area (Å²) in [4.78, 5) is 14.9. The third kappa shape index (κ3) is 3.95. The SMILES string of the molecule is Cc1noc(CCNc2cc(N3CCCCC3CO)ncn2)n1. The summed E-state index contributed by atoms with van der Waals surface area (Å²) in [7, 11) is 0. The highest BCUT2D eigenvalue weighted by Crippen LogP contribution is 2.23. The maximum Gasteiger partial charge on any atom is 0.228 e. The van der Waals surface area contributed by atoms with E-state index >= 15 is 0 Å². The number of aromatic nitrogens is 4. The highest BCUT2D eigenvalue weighted by molar-refractivity contribution is 5.49. The fourth-order valence-corrected chi connectivity index (χ4v) is 2.83. The summed E-state index contributed by atoms with van der Waals surface area (Å²) in [5.74, 6) is 2.87. The van der Waals surface area contributed by atoms with E-state index in [1.807, 2.05) is 6.07 Å². The van der Waals surface area contributed by atoms with Crippen molar-refractivity contribution < 1.29 is 9.63 Å². The molecule has 1 aliphatic heterocycles. The van der Waals surface area contributed by atoms with Crippen molar-refractivity contribution in [1.29, 1.82) is 0 Å². The van der Waals surface area contributed by atoms with Crippen LogP contribution in [0, 0.1) is 6.92 Å². The Bertz CT molecular complexity index is 632. The molecule has 0 saturated carbocycles. The Kier molecular flexibility index (Phi) is 5.02. The van der Waals surface area contributed by atoms with E-state index in [9.17, 15) is 5.11 Å². The number of hydrogen-bond donors (Lipinski definition) is 2. The zero-order chi connectivity index (χ0) is 16.1. The molecule has 8 heteroatoms. The quantitative estimate of drug-likeness (QED) is 0.819. The molecule has 1 unspecified atom stereocenters. The Morgan fingerprint density at radius 1 is 1.39 bits per heavy atom. The van der Waals surface area contributed by atoms with Gasteiger partial charge in [-0.25, -0.2) is 9.97 Å². The second-order valence-electron chi connectivity index (χ2n) is 5.70. The van der Waals surface area contributed by atoms with Gasteiger partial charge in [0.25, 0.3) is 0 Å². The van der Waals surface area contributed by atoms with Crippen LogP contribution in [0.2, 0.25) is 0 Å². The molecular weight excluding hydrogens is 296 g/mol. The van der Waals surface area contributed by atoms with E-state index in [4.69, 9.17) is 4.52 Å². The van der Waals surface area contributed by atoms with Gasteiger partial charge in [-0.15, -0.1) is 0 Å². The van der Waals surface area contributed by atoms with Gasteiger partial charge in [0, 0.05) is 25.6 Å². The number of nitrogens with one attached hydrogen (secondary N) is 1. The van der Waals surface area contributed by atoms with E-state index < -0.39 is 0 Å². The molecular formula is C15H22N6O2. The molecule has 2 N–H and O–H groups in total. The summed E-state index contributed by atoms with van der Waals surface area (Å²) >= 11 is 0. The first-order valence-electron chi connectivity index (χ1n) is 7.99. The zero-order valence-corrected chi connectivity index (χ0v) is 13.3. The van der Waals surface area contributed by atoms with E-state index in [1.54, 1.807) is 13.3 Å². The lowest BCUT2D eigenvalue weighted by Gasteiger charge is -2.35. The van der Waals surface area contributed by atoms with Crippen molar-refractivity contribution in [3.8, 4) is 0 Å². The molecule has 124 valence electrons. The molecule has 1 aliphatic rings. The van der Waals surface area contributed by atoms with Crippen molar-refractivity contribution in [1.82, 2.24) is 20.1 Å². The van der Waals surface area contributed by atoms with Crippen LogP contribution in [0.4, 0.5) is 11.6 Å².